The van der Waals surface area contributed by atoms with Crippen molar-refractivity contribution in [2.75, 3.05) is 36.7 Å². The zero-order valence-corrected chi connectivity index (χ0v) is 11.6. The molecule has 0 N–H and O–H groups in total. The topological polar surface area (TPSA) is 69.7 Å². The smallest absolute Gasteiger partial charge is 0.168 e. The molecular formula is C9H20O5S2. The lowest BCUT2D eigenvalue weighted by atomic mass is 10.7. The first-order valence-electron chi connectivity index (χ1n) is 5.15. The molecule has 0 radical (unpaired) electrons. The highest BCUT2D eigenvalue weighted by Gasteiger charge is 2.14. The SMILES string of the molecule is CCOC(CS(=O)CCS(C)(=O)=O)OCC. The van der Waals surface area contributed by atoms with Gasteiger partial charge in [-0.15, -0.1) is 0 Å². The summed E-state index contributed by atoms with van der Waals surface area (Å²) in [6, 6.07) is 0. The van der Waals surface area contributed by atoms with Crippen molar-refractivity contribution in [3.8, 4) is 0 Å². The fourth-order valence-corrected chi connectivity index (χ4v) is 3.61. The summed E-state index contributed by atoms with van der Waals surface area (Å²) < 4.78 is 43.7. The number of hydrogen-bond acceptors (Lipinski definition) is 5. The molecule has 16 heavy (non-hydrogen) atoms. The monoisotopic (exact) mass is 272 g/mol. The highest BCUT2D eigenvalue weighted by atomic mass is 32.2. The van der Waals surface area contributed by atoms with Gasteiger partial charge in [0, 0.05) is 36.0 Å². The van der Waals surface area contributed by atoms with E-state index in [2.05, 4.69) is 0 Å². The Morgan fingerprint density at radius 1 is 1.19 bits per heavy atom. The second-order valence-corrected chi connectivity index (χ2v) is 7.16. The molecule has 0 aliphatic rings. The molecule has 0 aromatic carbocycles. The molecular weight excluding hydrogens is 252 g/mol. The second kappa shape index (κ2) is 8.16. The first-order chi connectivity index (χ1) is 7.39. The van der Waals surface area contributed by atoms with Gasteiger partial charge in [0.05, 0.1) is 11.5 Å². The van der Waals surface area contributed by atoms with Gasteiger partial charge < -0.3 is 9.47 Å². The van der Waals surface area contributed by atoms with Crippen molar-refractivity contribution in [2.45, 2.75) is 20.1 Å². The lowest BCUT2D eigenvalue weighted by Crippen LogP contribution is -2.27. The molecule has 98 valence electrons. The van der Waals surface area contributed by atoms with Crippen LogP contribution in [-0.2, 0) is 30.1 Å². The molecule has 7 heteroatoms. The van der Waals surface area contributed by atoms with E-state index < -0.39 is 26.9 Å². The van der Waals surface area contributed by atoms with Crippen LogP contribution in [0.5, 0.6) is 0 Å². The van der Waals surface area contributed by atoms with Crippen LogP contribution in [0.2, 0.25) is 0 Å². The van der Waals surface area contributed by atoms with Gasteiger partial charge in [0.15, 0.2) is 6.29 Å². The Labute approximate surface area is 99.9 Å². The quantitative estimate of drug-likeness (QED) is 0.560. The largest absolute Gasteiger partial charge is 0.352 e. The highest BCUT2D eigenvalue weighted by Crippen LogP contribution is 1.99. The first kappa shape index (κ1) is 16.0. The molecule has 0 amide bonds. The van der Waals surface area contributed by atoms with Crippen LogP contribution in [-0.4, -0.2) is 55.6 Å². The maximum absolute atomic E-state index is 11.5. The van der Waals surface area contributed by atoms with Gasteiger partial charge in [-0.3, -0.25) is 4.21 Å². The minimum atomic E-state index is -3.05. The Morgan fingerprint density at radius 3 is 2.06 bits per heavy atom. The molecule has 1 unspecified atom stereocenters. The van der Waals surface area contributed by atoms with Crippen LogP contribution in [0.4, 0.5) is 0 Å². The average molecular weight is 272 g/mol. The lowest BCUT2D eigenvalue weighted by Gasteiger charge is -2.16. The van der Waals surface area contributed by atoms with Crippen molar-refractivity contribution in [3.05, 3.63) is 0 Å². The third-order valence-corrected chi connectivity index (χ3v) is 4.22. The van der Waals surface area contributed by atoms with Gasteiger partial charge in [0.2, 0.25) is 0 Å². The van der Waals surface area contributed by atoms with Crippen LogP contribution in [0.15, 0.2) is 0 Å². The Kier molecular flexibility index (Phi) is 8.17. The molecule has 0 bridgehead atoms. The minimum absolute atomic E-state index is 0.0649. The molecule has 0 aromatic rings. The van der Waals surface area contributed by atoms with Crippen molar-refractivity contribution in [3.63, 3.8) is 0 Å². The van der Waals surface area contributed by atoms with Gasteiger partial charge >= 0.3 is 0 Å². The third kappa shape index (κ3) is 9.26. The van der Waals surface area contributed by atoms with Crippen LogP contribution in [0, 0.1) is 0 Å². The number of sulfone groups is 1. The van der Waals surface area contributed by atoms with Crippen molar-refractivity contribution >= 4 is 20.6 Å². The van der Waals surface area contributed by atoms with Gasteiger partial charge in [-0.2, -0.15) is 0 Å². The van der Waals surface area contributed by atoms with E-state index in [0.717, 1.165) is 6.26 Å². The molecule has 1 atom stereocenters. The van der Waals surface area contributed by atoms with Crippen LogP contribution < -0.4 is 0 Å². The van der Waals surface area contributed by atoms with E-state index in [1.54, 1.807) is 0 Å². The van der Waals surface area contributed by atoms with Crippen molar-refractivity contribution in [1.29, 1.82) is 0 Å². The highest BCUT2D eigenvalue weighted by molar-refractivity contribution is 7.92. The van der Waals surface area contributed by atoms with Gasteiger partial charge in [0.1, 0.15) is 9.84 Å². The van der Waals surface area contributed by atoms with Gasteiger partial charge in [0.25, 0.3) is 0 Å². The lowest BCUT2D eigenvalue weighted by molar-refractivity contribution is -0.120. The van der Waals surface area contributed by atoms with Crippen molar-refractivity contribution in [2.24, 2.45) is 0 Å². The van der Waals surface area contributed by atoms with Gasteiger partial charge in [-0.05, 0) is 13.8 Å². The first-order valence-corrected chi connectivity index (χ1v) is 8.69. The summed E-state index contributed by atoms with van der Waals surface area (Å²) in [5, 5.41) is 0. The van der Waals surface area contributed by atoms with Crippen LogP contribution in [0.3, 0.4) is 0 Å². The molecule has 0 aliphatic heterocycles. The Balaban J connectivity index is 3.99. The summed E-state index contributed by atoms with van der Waals surface area (Å²) >= 11 is 0. The maximum Gasteiger partial charge on any atom is 0.168 e. The van der Waals surface area contributed by atoms with E-state index in [-0.39, 0.29) is 17.3 Å². The Bertz CT molecular complexity index is 293. The van der Waals surface area contributed by atoms with E-state index in [9.17, 15) is 12.6 Å². The fourth-order valence-electron chi connectivity index (χ4n) is 0.996. The number of hydrogen-bond donors (Lipinski definition) is 0. The standard InChI is InChI=1S/C9H20O5S2/c1-4-13-9(14-5-2)8-15(10)6-7-16(3,11)12/h9H,4-8H2,1-3H3. The molecule has 0 saturated heterocycles. The van der Waals surface area contributed by atoms with E-state index in [4.69, 9.17) is 9.47 Å². The molecule has 0 fully saturated rings. The van der Waals surface area contributed by atoms with Gasteiger partial charge in [-0.1, -0.05) is 0 Å². The molecule has 0 rings (SSSR count). The number of rotatable bonds is 9. The number of ether oxygens (including phenoxy) is 2. The zero-order valence-electron chi connectivity index (χ0n) is 9.97. The molecule has 0 aromatic heterocycles. The van der Waals surface area contributed by atoms with E-state index in [1.165, 1.54) is 0 Å². The fraction of sp³-hybridized carbons (Fsp3) is 1.00. The van der Waals surface area contributed by atoms with Crippen molar-refractivity contribution in [1.82, 2.24) is 0 Å². The Morgan fingerprint density at radius 2 is 1.69 bits per heavy atom. The summed E-state index contributed by atoms with van der Waals surface area (Å²) in [5.41, 5.74) is 0. The summed E-state index contributed by atoms with van der Waals surface area (Å²) in [6.07, 6.45) is 0.627. The summed E-state index contributed by atoms with van der Waals surface area (Å²) in [4.78, 5) is 0. The average Bonchev–Trinajstić information content (AvgIpc) is 2.14. The van der Waals surface area contributed by atoms with E-state index in [0.29, 0.717) is 13.2 Å². The van der Waals surface area contributed by atoms with Crippen LogP contribution in [0.1, 0.15) is 13.8 Å². The molecule has 0 aliphatic carbocycles. The Hall–Kier alpha value is 0.0200. The second-order valence-electron chi connectivity index (χ2n) is 3.28. The summed E-state index contributed by atoms with van der Waals surface area (Å²) in [5.74, 6) is 0.289. The van der Waals surface area contributed by atoms with Crippen LogP contribution >= 0.6 is 0 Å². The maximum atomic E-state index is 11.5. The summed E-state index contributed by atoms with van der Waals surface area (Å²) in [6.45, 7) is 4.61. The predicted molar refractivity (Wildman–Crippen MR) is 64.6 cm³/mol. The molecule has 5 nitrogen and oxygen atoms in total. The zero-order chi connectivity index (χ0) is 12.6. The van der Waals surface area contributed by atoms with Crippen LogP contribution in [0.25, 0.3) is 0 Å². The molecule has 0 spiro atoms. The molecule has 0 saturated carbocycles. The van der Waals surface area contributed by atoms with E-state index in [1.807, 2.05) is 13.8 Å². The third-order valence-electron chi connectivity index (χ3n) is 1.71. The van der Waals surface area contributed by atoms with E-state index >= 15 is 0 Å². The predicted octanol–water partition coefficient (Wildman–Crippen LogP) is 0.179. The summed E-state index contributed by atoms with van der Waals surface area (Å²) in [7, 11) is -4.28. The van der Waals surface area contributed by atoms with Crippen molar-refractivity contribution < 1.29 is 22.1 Å². The normalized spacial score (nSPS) is 14.2. The minimum Gasteiger partial charge on any atom is -0.352 e. The van der Waals surface area contributed by atoms with Gasteiger partial charge in [-0.25, -0.2) is 8.42 Å². The molecule has 0 heterocycles.